The molecule has 0 fully saturated rings. The number of hydrogen-bond acceptors (Lipinski definition) is 5. The van der Waals surface area contributed by atoms with Gasteiger partial charge in [0.1, 0.15) is 0 Å². The van der Waals surface area contributed by atoms with Crippen LogP contribution in [0.4, 0.5) is 0 Å². The number of ether oxygens (including phenoxy) is 1. The van der Waals surface area contributed by atoms with Gasteiger partial charge >= 0.3 is 13.6 Å². The lowest BCUT2D eigenvalue weighted by atomic mass is 10.7. The van der Waals surface area contributed by atoms with Crippen molar-refractivity contribution < 1.29 is 23.1 Å². The van der Waals surface area contributed by atoms with Gasteiger partial charge in [0.15, 0.2) is 0 Å². The summed E-state index contributed by atoms with van der Waals surface area (Å²) in [6, 6.07) is 0. The minimum absolute atomic E-state index is 0.162. The van der Waals surface area contributed by atoms with Gasteiger partial charge in [0.05, 0.1) is 19.8 Å². The van der Waals surface area contributed by atoms with Gasteiger partial charge in [-0.3, -0.25) is 4.57 Å². The quantitative estimate of drug-likeness (QED) is 0.385. The molecule has 0 aromatic rings. The second-order valence-corrected chi connectivity index (χ2v) is 9.45. The molecule has 5 nitrogen and oxygen atoms in total. The van der Waals surface area contributed by atoms with Crippen molar-refractivity contribution in [3.8, 4) is 0 Å². The number of carbonyl (C=O) groups excluding carboxylic acids is 1. The molecule has 0 amide bonds. The van der Waals surface area contributed by atoms with Gasteiger partial charge < -0.3 is 13.8 Å². The summed E-state index contributed by atoms with van der Waals surface area (Å²) in [5.41, 5.74) is 0. The molecule has 0 radical (unpaired) electrons. The maximum absolute atomic E-state index is 12.3. The van der Waals surface area contributed by atoms with Crippen LogP contribution in [0.2, 0.25) is 0 Å². The number of rotatable bonds is 7. The Morgan fingerprint density at radius 2 is 1.56 bits per heavy atom. The zero-order chi connectivity index (χ0) is 12.8. The Kier molecular flexibility index (Phi) is 7.37. The number of alkyl halides is 2. The second-order valence-electron chi connectivity index (χ2n) is 2.59. The molecule has 0 aliphatic rings. The first-order valence-corrected chi connectivity index (χ1v) is 7.92. The van der Waals surface area contributed by atoms with E-state index in [1.165, 1.54) is 0 Å². The first-order valence-electron chi connectivity index (χ1n) is 4.79. The molecule has 0 saturated carbocycles. The van der Waals surface area contributed by atoms with Crippen LogP contribution < -0.4 is 0 Å². The average Bonchev–Trinajstić information content (AvgIpc) is 2.18. The van der Waals surface area contributed by atoms with Crippen LogP contribution in [0, 0.1) is 0 Å². The Balaban J connectivity index is 5.02. The maximum Gasteiger partial charge on any atom is 0.369 e. The molecule has 0 saturated heterocycles. The highest BCUT2D eigenvalue weighted by Crippen LogP contribution is 2.66. The second kappa shape index (κ2) is 7.11. The van der Waals surface area contributed by atoms with Crippen molar-refractivity contribution in [2.24, 2.45) is 0 Å². The Hall–Kier alpha value is 0.580. The van der Waals surface area contributed by atoms with Gasteiger partial charge in [-0.25, -0.2) is 4.79 Å². The molecule has 0 bridgehead atoms. The summed E-state index contributed by atoms with van der Waals surface area (Å²) < 4.78 is 25.5. The van der Waals surface area contributed by atoms with Crippen molar-refractivity contribution in [2.45, 2.75) is 23.7 Å². The minimum Gasteiger partial charge on any atom is -0.464 e. The third-order valence-electron chi connectivity index (χ3n) is 1.46. The van der Waals surface area contributed by atoms with Crippen molar-refractivity contribution in [1.29, 1.82) is 0 Å². The first kappa shape index (κ1) is 16.6. The summed E-state index contributed by atoms with van der Waals surface area (Å²) in [4.78, 5) is 11.6. The lowest BCUT2D eigenvalue weighted by molar-refractivity contribution is -0.141. The van der Waals surface area contributed by atoms with E-state index in [2.05, 4.69) is 31.9 Å². The molecule has 16 heavy (non-hydrogen) atoms. The number of carbonyl (C=O) groups is 1. The fourth-order valence-electron chi connectivity index (χ4n) is 0.869. The highest BCUT2D eigenvalue weighted by Gasteiger charge is 2.55. The van der Waals surface area contributed by atoms with E-state index in [-0.39, 0.29) is 19.8 Å². The van der Waals surface area contributed by atoms with Gasteiger partial charge in [-0.2, -0.15) is 0 Å². The van der Waals surface area contributed by atoms with Gasteiger partial charge in [-0.15, -0.1) is 0 Å². The highest BCUT2D eigenvalue weighted by molar-refractivity contribution is 9.27. The van der Waals surface area contributed by atoms with E-state index in [4.69, 9.17) is 13.8 Å². The molecular weight excluding hydrogens is 367 g/mol. The van der Waals surface area contributed by atoms with E-state index in [9.17, 15) is 9.36 Å². The summed E-state index contributed by atoms with van der Waals surface area (Å²) >= 11 is 6.00. The Labute approximate surface area is 112 Å². The van der Waals surface area contributed by atoms with E-state index >= 15 is 0 Å². The van der Waals surface area contributed by atoms with Crippen molar-refractivity contribution in [1.82, 2.24) is 0 Å². The third kappa shape index (κ3) is 3.81. The molecule has 0 aromatic carbocycles. The van der Waals surface area contributed by atoms with Crippen LogP contribution in [-0.4, -0.2) is 28.8 Å². The maximum atomic E-state index is 12.3. The van der Waals surface area contributed by atoms with Gasteiger partial charge in [0.2, 0.25) is 0 Å². The molecule has 0 atom stereocenters. The molecule has 0 spiro atoms. The summed E-state index contributed by atoms with van der Waals surface area (Å²) in [5, 5.41) is 0. The van der Waals surface area contributed by atoms with Crippen LogP contribution in [0.3, 0.4) is 0 Å². The van der Waals surface area contributed by atoms with Crippen LogP contribution in [-0.2, 0) is 23.1 Å². The molecule has 0 aliphatic heterocycles. The van der Waals surface area contributed by atoms with Gasteiger partial charge in [-0.05, 0) is 52.6 Å². The molecule has 96 valence electrons. The standard InChI is InChI=1S/C8H15Br2O5P/c1-4-13-7(11)8(9,10)16(12,14-5-2)15-6-3/h4-6H2,1-3H3. The third-order valence-corrected chi connectivity index (χ3v) is 6.78. The minimum atomic E-state index is -3.65. The van der Waals surface area contributed by atoms with E-state index in [0.717, 1.165) is 0 Å². The Bertz CT molecular complexity index is 272. The fourth-order valence-corrected chi connectivity index (χ4v) is 3.69. The number of hydrogen-bond donors (Lipinski definition) is 0. The van der Waals surface area contributed by atoms with Crippen LogP contribution in [0.5, 0.6) is 0 Å². The van der Waals surface area contributed by atoms with E-state index in [0.29, 0.717) is 0 Å². The smallest absolute Gasteiger partial charge is 0.369 e. The topological polar surface area (TPSA) is 61.8 Å². The first-order chi connectivity index (χ1) is 7.35. The zero-order valence-corrected chi connectivity index (χ0v) is 13.4. The normalized spacial score (nSPS) is 12.6. The predicted molar refractivity (Wildman–Crippen MR) is 68.1 cm³/mol. The molecule has 8 heteroatoms. The number of esters is 1. The van der Waals surface area contributed by atoms with Gasteiger partial charge in [0.25, 0.3) is 2.97 Å². The lowest BCUT2D eigenvalue weighted by Gasteiger charge is -2.27. The van der Waals surface area contributed by atoms with Crippen LogP contribution >= 0.6 is 39.5 Å². The van der Waals surface area contributed by atoms with Gasteiger partial charge in [-0.1, -0.05) is 0 Å². The average molecular weight is 382 g/mol. The number of halogens is 2. The zero-order valence-electron chi connectivity index (χ0n) is 9.37. The lowest BCUT2D eigenvalue weighted by Crippen LogP contribution is -2.29. The predicted octanol–water partition coefficient (Wildman–Crippen LogP) is 3.26. The molecular formula is C8H15Br2O5P. The Morgan fingerprint density at radius 3 is 1.88 bits per heavy atom. The summed E-state index contributed by atoms with van der Waals surface area (Å²) in [6.45, 7) is 5.47. The Morgan fingerprint density at radius 1 is 1.12 bits per heavy atom. The van der Waals surface area contributed by atoms with Crippen molar-refractivity contribution in [3.05, 3.63) is 0 Å². The molecule has 0 aromatic heterocycles. The molecule has 0 unspecified atom stereocenters. The van der Waals surface area contributed by atoms with Gasteiger partial charge in [0, 0.05) is 0 Å². The van der Waals surface area contributed by atoms with E-state index in [1.807, 2.05) is 0 Å². The summed E-state index contributed by atoms with van der Waals surface area (Å²) in [7, 11) is -3.65. The van der Waals surface area contributed by atoms with E-state index in [1.54, 1.807) is 20.8 Å². The van der Waals surface area contributed by atoms with Crippen molar-refractivity contribution in [2.75, 3.05) is 19.8 Å². The van der Waals surface area contributed by atoms with Crippen LogP contribution in [0.15, 0.2) is 0 Å². The monoisotopic (exact) mass is 380 g/mol. The molecule has 0 aliphatic carbocycles. The SMILES string of the molecule is CCOC(=O)C(Br)(Br)P(=O)(OCC)OCC. The highest BCUT2D eigenvalue weighted by atomic mass is 79.9. The molecule has 0 heterocycles. The van der Waals surface area contributed by atoms with Crippen molar-refractivity contribution >= 4 is 45.4 Å². The van der Waals surface area contributed by atoms with Crippen molar-refractivity contribution in [3.63, 3.8) is 0 Å². The van der Waals surface area contributed by atoms with Crippen LogP contribution in [0.1, 0.15) is 20.8 Å². The molecule has 0 rings (SSSR count). The largest absolute Gasteiger partial charge is 0.464 e. The molecule has 0 N–H and O–H groups in total. The van der Waals surface area contributed by atoms with E-state index < -0.39 is 16.5 Å². The fraction of sp³-hybridized carbons (Fsp3) is 0.875. The van der Waals surface area contributed by atoms with Crippen LogP contribution in [0.25, 0.3) is 0 Å². The summed E-state index contributed by atoms with van der Waals surface area (Å²) in [6.07, 6.45) is 0. The summed E-state index contributed by atoms with van der Waals surface area (Å²) in [5.74, 6) is -0.736.